The molecule has 53 heavy (non-hydrogen) atoms. The average Bonchev–Trinajstić information content (AvgIpc) is 3.59. The van der Waals surface area contributed by atoms with Crippen LogP contribution in [0.4, 0.5) is 13.2 Å². The number of benzene rings is 4. The molecule has 6 rings (SSSR count). The fourth-order valence-corrected chi connectivity index (χ4v) is 6.54. The van der Waals surface area contributed by atoms with Gasteiger partial charge in [0.25, 0.3) is 5.01 Å². The van der Waals surface area contributed by atoms with Crippen LogP contribution in [0.5, 0.6) is 0 Å². The van der Waals surface area contributed by atoms with E-state index < -0.39 is 40.0 Å². The van der Waals surface area contributed by atoms with Gasteiger partial charge in [-0.2, -0.15) is 17.7 Å². The summed E-state index contributed by atoms with van der Waals surface area (Å²) < 4.78 is 94.7. The van der Waals surface area contributed by atoms with Crippen molar-refractivity contribution in [2.24, 2.45) is 7.05 Å². The Labute approximate surface area is 311 Å². The van der Waals surface area contributed by atoms with Gasteiger partial charge in [0.2, 0.25) is 0 Å². The van der Waals surface area contributed by atoms with Crippen LogP contribution in [0.15, 0.2) is 133 Å². The molecule has 9 nitrogen and oxygen atoms in total. The molecule has 1 aromatic heterocycles. The van der Waals surface area contributed by atoms with Crippen molar-refractivity contribution in [1.82, 2.24) is 0 Å². The third kappa shape index (κ3) is 12.0. The normalized spacial score (nSPS) is 20.4. The Bertz CT molecular complexity index is 1900. The summed E-state index contributed by atoms with van der Waals surface area (Å²) in [6, 6.07) is 40.9. The first kappa shape index (κ1) is 40.2. The van der Waals surface area contributed by atoms with E-state index in [2.05, 4.69) is 64.7 Å². The van der Waals surface area contributed by atoms with Crippen LogP contribution in [0.1, 0.15) is 33.4 Å². The fraction of sp³-hybridized carbons (Fsp3) is 0.308. The molecule has 1 fully saturated rings. The highest BCUT2D eigenvalue weighted by Gasteiger charge is 2.51. The van der Waals surface area contributed by atoms with E-state index in [4.69, 9.17) is 36.7 Å². The van der Waals surface area contributed by atoms with Gasteiger partial charge in [-0.1, -0.05) is 133 Å². The minimum Gasteiger partial charge on any atom is -0.741 e. The topological polar surface area (TPSA) is 107 Å². The SMILES string of the molecule is C[n+]1ccsc1[C@@H]1O[C@H](COCc2ccccc2)[C@@H](OCc2ccccc2)[C@H](OCc2ccccc2)[C@@H]1OCc1ccccc1.O=S(=O)([O-])C(F)(F)F. The standard InChI is InChI=1S/C38H40NO5S.CHF3O3S/c1-39-22-23-45-38(39)37-36(43-27-32-20-12-5-13-21-32)35(42-26-31-18-10-4-11-19-31)34(41-25-30-16-8-3-9-17-30)33(44-37)28-40-24-29-14-6-2-7-15-29;2-1(3,4)8(5,6)7/h2-23,33-37H,24-28H2,1H3;(H,5,6,7)/q+1;/p-1/t33-,34-,35+,36+,37-;/m1./s1. The number of nitrogens with zero attached hydrogens (tertiary/aromatic N) is 1. The van der Waals surface area contributed by atoms with Gasteiger partial charge in [0, 0.05) is 0 Å². The number of thiazole rings is 1. The molecule has 0 radical (unpaired) electrons. The third-order valence-electron chi connectivity index (χ3n) is 8.23. The van der Waals surface area contributed by atoms with Crippen LogP contribution >= 0.6 is 11.3 Å². The summed E-state index contributed by atoms with van der Waals surface area (Å²) >= 11 is 1.65. The quantitative estimate of drug-likeness (QED) is 0.0673. The van der Waals surface area contributed by atoms with Crippen LogP contribution in [0.25, 0.3) is 0 Å². The van der Waals surface area contributed by atoms with Gasteiger partial charge in [-0.15, -0.1) is 0 Å². The number of aryl methyl sites for hydroxylation is 1. The molecule has 14 heteroatoms. The molecule has 0 bridgehead atoms. The molecule has 1 aliphatic heterocycles. The predicted molar refractivity (Wildman–Crippen MR) is 190 cm³/mol. The third-order valence-corrected chi connectivity index (χ3v) is 9.82. The number of hydrogen-bond acceptors (Lipinski definition) is 9. The molecule has 5 atom stereocenters. The zero-order valence-corrected chi connectivity index (χ0v) is 30.4. The van der Waals surface area contributed by atoms with E-state index in [0.717, 1.165) is 27.3 Å². The highest BCUT2D eigenvalue weighted by molar-refractivity contribution is 7.86. The van der Waals surface area contributed by atoms with Crippen molar-refractivity contribution in [3.8, 4) is 0 Å². The molecule has 282 valence electrons. The smallest absolute Gasteiger partial charge is 0.485 e. The van der Waals surface area contributed by atoms with E-state index in [0.29, 0.717) is 33.0 Å². The van der Waals surface area contributed by atoms with E-state index >= 15 is 0 Å². The second kappa shape index (κ2) is 19.4. The lowest BCUT2D eigenvalue weighted by atomic mass is 9.94. The minimum atomic E-state index is -6.09. The molecule has 0 unspecified atom stereocenters. The van der Waals surface area contributed by atoms with Gasteiger partial charge in [-0.3, -0.25) is 0 Å². The molecule has 5 aromatic rings. The maximum Gasteiger partial charge on any atom is 0.485 e. The molecular formula is C39H40F3NO8S2. The fourth-order valence-electron chi connectivity index (χ4n) is 5.60. The number of rotatable bonds is 14. The first-order valence-corrected chi connectivity index (χ1v) is 19.0. The van der Waals surface area contributed by atoms with Crippen molar-refractivity contribution < 1.29 is 54.4 Å². The molecule has 1 aliphatic rings. The van der Waals surface area contributed by atoms with Crippen molar-refractivity contribution in [1.29, 1.82) is 0 Å². The summed E-state index contributed by atoms with van der Waals surface area (Å²) in [7, 11) is -4.05. The van der Waals surface area contributed by atoms with E-state index in [-0.39, 0.29) is 6.10 Å². The molecule has 0 aliphatic carbocycles. The van der Waals surface area contributed by atoms with Gasteiger partial charge in [-0.05, 0) is 22.3 Å². The van der Waals surface area contributed by atoms with E-state index in [1.54, 1.807) is 11.3 Å². The zero-order chi connectivity index (χ0) is 37.7. The van der Waals surface area contributed by atoms with E-state index in [1.165, 1.54) is 0 Å². The number of alkyl halides is 3. The second-order valence-corrected chi connectivity index (χ2v) is 14.4. The van der Waals surface area contributed by atoms with Crippen LogP contribution in [0.2, 0.25) is 0 Å². The lowest BCUT2D eigenvalue weighted by Gasteiger charge is -2.45. The Balaban J connectivity index is 0.000000609. The largest absolute Gasteiger partial charge is 0.741 e. The summed E-state index contributed by atoms with van der Waals surface area (Å²) in [4.78, 5) is 0. The lowest BCUT2D eigenvalue weighted by molar-refractivity contribution is -0.679. The Hall–Kier alpha value is -3.99. The number of hydrogen-bond donors (Lipinski definition) is 0. The molecule has 4 aromatic carbocycles. The maximum atomic E-state index is 10.7. The molecule has 0 spiro atoms. The van der Waals surface area contributed by atoms with Gasteiger partial charge in [0.05, 0.1) is 38.4 Å². The van der Waals surface area contributed by atoms with Crippen molar-refractivity contribution in [2.75, 3.05) is 6.61 Å². The number of ether oxygens (including phenoxy) is 5. The average molecular weight is 772 g/mol. The molecule has 0 saturated carbocycles. The lowest BCUT2D eigenvalue weighted by Crippen LogP contribution is -2.59. The first-order chi connectivity index (χ1) is 25.5. The van der Waals surface area contributed by atoms with Crippen LogP contribution < -0.4 is 4.57 Å². The van der Waals surface area contributed by atoms with Crippen LogP contribution in [-0.4, -0.2) is 49.5 Å². The summed E-state index contributed by atoms with van der Waals surface area (Å²) in [5, 5.41) is 3.13. The van der Waals surface area contributed by atoms with Gasteiger partial charge in [0.1, 0.15) is 31.5 Å². The van der Waals surface area contributed by atoms with Gasteiger partial charge in [-0.25, -0.2) is 8.42 Å². The van der Waals surface area contributed by atoms with Gasteiger partial charge >= 0.3 is 5.51 Å². The Kier molecular flexibility index (Phi) is 14.7. The molecule has 2 heterocycles. The van der Waals surface area contributed by atoms with Crippen LogP contribution in [0, 0.1) is 0 Å². The summed E-state index contributed by atoms with van der Waals surface area (Å²) in [6.07, 6.45) is -0.0694. The monoisotopic (exact) mass is 771 g/mol. The minimum absolute atomic E-state index is 0.344. The van der Waals surface area contributed by atoms with Gasteiger partial charge < -0.3 is 28.2 Å². The van der Waals surface area contributed by atoms with Crippen molar-refractivity contribution in [2.45, 2.75) is 62.5 Å². The summed E-state index contributed by atoms with van der Waals surface area (Å²) in [5.41, 5.74) is -1.28. The number of halogens is 3. The van der Waals surface area contributed by atoms with Crippen molar-refractivity contribution in [3.63, 3.8) is 0 Å². The van der Waals surface area contributed by atoms with Crippen LogP contribution in [-0.2, 0) is 67.3 Å². The Morgan fingerprint density at radius 2 is 1.08 bits per heavy atom. The van der Waals surface area contributed by atoms with E-state index in [9.17, 15) is 13.2 Å². The highest BCUT2D eigenvalue weighted by atomic mass is 32.2. The molecule has 0 N–H and O–H groups in total. The van der Waals surface area contributed by atoms with Crippen molar-refractivity contribution >= 4 is 21.5 Å². The van der Waals surface area contributed by atoms with Gasteiger partial charge in [0.15, 0.2) is 22.4 Å². The second-order valence-electron chi connectivity index (χ2n) is 12.1. The summed E-state index contributed by atoms with van der Waals surface area (Å²) in [5.74, 6) is 0. The molecular weight excluding hydrogens is 732 g/mol. The van der Waals surface area contributed by atoms with E-state index in [1.807, 2.05) is 79.8 Å². The molecule has 1 saturated heterocycles. The Morgan fingerprint density at radius 3 is 1.47 bits per heavy atom. The maximum absolute atomic E-state index is 10.7. The number of aromatic nitrogens is 1. The summed E-state index contributed by atoms with van der Waals surface area (Å²) in [6.45, 7) is 2.08. The first-order valence-electron chi connectivity index (χ1n) is 16.7. The highest BCUT2D eigenvalue weighted by Crippen LogP contribution is 2.39. The Morgan fingerprint density at radius 1 is 0.679 bits per heavy atom. The molecule has 0 amide bonds. The predicted octanol–water partition coefficient (Wildman–Crippen LogP) is 7.04. The zero-order valence-electron chi connectivity index (χ0n) is 28.8. The van der Waals surface area contributed by atoms with Crippen LogP contribution in [0.3, 0.4) is 0 Å². The van der Waals surface area contributed by atoms with Crippen molar-refractivity contribution in [3.05, 3.63) is 160 Å².